The lowest BCUT2D eigenvalue weighted by Gasteiger charge is -1.95. The Morgan fingerprint density at radius 2 is 2.47 bits per heavy atom. The van der Waals surface area contributed by atoms with Gasteiger partial charge < -0.3 is 5.32 Å². The minimum atomic E-state index is -0.158. The van der Waals surface area contributed by atoms with Gasteiger partial charge in [0.15, 0.2) is 11.4 Å². The molecule has 88 valence electrons. The van der Waals surface area contributed by atoms with E-state index < -0.39 is 0 Å². The predicted molar refractivity (Wildman–Crippen MR) is 60.9 cm³/mol. The van der Waals surface area contributed by atoms with Gasteiger partial charge in [-0.25, -0.2) is 9.67 Å². The first kappa shape index (κ1) is 11.4. The number of thiazole rings is 1. The molecule has 0 bridgehead atoms. The van der Waals surface area contributed by atoms with Gasteiger partial charge in [0.1, 0.15) is 5.69 Å². The molecular formula is C9H9N5O2S. The number of anilines is 1. The standard InChI is InChI=1S/C9H9N5O2S/c1-6(16)10-9-11-8(5-17-9)3-14-2-7(4-15)12-13-14/h2,4-5H,3H2,1H3,(H,10,11,16). The summed E-state index contributed by atoms with van der Waals surface area (Å²) in [6, 6.07) is 0. The molecule has 8 heteroatoms. The van der Waals surface area contributed by atoms with E-state index in [-0.39, 0.29) is 11.6 Å². The van der Waals surface area contributed by atoms with Gasteiger partial charge in [-0.3, -0.25) is 9.59 Å². The summed E-state index contributed by atoms with van der Waals surface area (Å²) in [4.78, 5) is 25.4. The van der Waals surface area contributed by atoms with E-state index in [1.807, 2.05) is 5.38 Å². The zero-order valence-electron chi connectivity index (χ0n) is 8.95. The van der Waals surface area contributed by atoms with Crippen LogP contribution in [-0.2, 0) is 11.3 Å². The first-order chi connectivity index (χ1) is 8.17. The minimum absolute atomic E-state index is 0.158. The molecule has 7 nitrogen and oxygen atoms in total. The second-order valence-electron chi connectivity index (χ2n) is 3.28. The molecule has 0 aliphatic rings. The number of rotatable bonds is 4. The van der Waals surface area contributed by atoms with Gasteiger partial charge in [-0.05, 0) is 0 Å². The molecule has 0 saturated carbocycles. The average Bonchev–Trinajstić information content (AvgIpc) is 2.88. The molecule has 0 aliphatic carbocycles. The van der Waals surface area contributed by atoms with Gasteiger partial charge in [0, 0.05) is 12.3 Å². The third-order valence-electron chi connectivity index (χ3n) is 1.84. The Morgan fingerprint density at radius 1 is 1.65 bits per heavy atom. The van der Waals surface area contributed by atoms with Crippen LogP contribution in [0.5, 0.6) is 0 Å². The number of carbonyl (C=O) groups is 2. The molecule has 0 radical (unpaired) electrons. The van der Waals surface area contributed by atoms with Crippen LogP contribution >= 0.6 is 11.3 Å². The largest absolute Gasteiger partial charge is 0.302 e. The summed E-state index contributed by atoms with van der Waals surface area (Å²) in [6.45, 7) is 1.84. The fourth-order valence-corrected chi connectivity index (χ4v) is 1.95. The van der Waals surface area contributed by atoms with Crippen molar-refractivity contribution in [1.82, 2.24) is 20.0 Å². The lowest BCUT2D eigenvalue weighted by Crippen LogP contribution is -2.06. The maximum absolute atomic E-state index is 10.8. The molecule has 0 spiro atoms. The van der Waals surface area contributed by atoms with E-state index in [1.165, 1.54) is 29.1 Å². The Kier molecular flexibility index (Phi) is 3.24. The van der Waals surface area contributed by atoms with Crippen molar-refractivity contribution in [2.45, 2.75) is 13.5 Å². The van der Waals surface area contributed by atoms with Crippen LogP contribution in [0.3, 0.4) is 0 Å². The predicted octanol–water partition coefficient (Wildman–Crippen LogP) is 0.554. The van der Waals surface area contributed by atoms with Gasteiger partial charge in [0.2, 0.25) is 5.91 Å². The number of amides is 1. The highest BCUT2D eigenvalue weighted by Gasteiger charge is 2.05. The highest BCUT2D eigenvalue weighted by Crippen LogP contribution is 2.15. The highest BCUT2D eigenvalue weighted by atomic mass is 32.1. The normalized spacial score (nSPS) is 10.2. The van der Waals surface area contributed by atoms with E-state index in [9.17, 15) is 9.59 Å². The third-order valence-corrected chi connectivity index (χ3v) is 2.64. The minimum Gasteiger partial charge on any atom is -0.302 e. The lowest BCUT2D eigenvalue weighted by atomic mass is 10.5. The van der Waals surface area contributed by atoms with Crippen LogP contribution in [0.4, 0.5) is 5.13 Å². The van der Waals surface area contributed by atoms with Crippen molar-refractivity contribution in [1.29, 1.82) is 0 Å². The summed E-state index contributed by atoms with van der Waals surface area (Å²) >= 11 is 1.34. The van der Waals surface area contributed by atoms with Gasteiger partial charge in [-0.15, -0.1) is 16.4 Å². The van der Waals surface area contributed by atoms with Crippen LogP contribution in [0.1, 0.15) is 23.1 Å². The van der Waals surface area contributed by atoms with E-state index in [1.54, 1.807) is 0 Å². The number of aromatic nitrogens is 4. The van der Waals surface area contributed by atoms with Crippen molar-refractivity contribution in [2.24, 2.45) is 0 Å². The topological polar surface area (TPSA) is 89.8 Å². The second-order valence-corrected chi connectivity index (χ2v) is 4.14. The van der Waals surface area contributed by atoms with Crippen molar-refractivity contribution in [3.8, 4) is 0 Å². The molecule has 0 aromatic carbocycles. The Labute approximate surface area is 100 Å². The van der Waals surface area contributed by atoms with Gasteiger partial charge in [0.25, 0.3) is 0 Å². The lowest BCUT2D eigenvalue weighted by molar-refractivity contribution is -0.114. The van der Waals surface area contributed by atoms with Crippen LogP contribution in [0.2, 0.25) is 0 Å². The van der Waals surface area contributed by atoms with Crippen molar-refractivity contribution in [2.75, 3.05) is 5.32 Å². The van der Waals surface area contributed by atoms with Gasteiger partial charge >= 0.3 is 0 Å². The monoisotopic (exact) mass is 251 g/mol. The van der Waals surface area contributed by atoms with Crippen LogP contribution in [0, 0.1) is 0 Å². The van der Waals surface area contributed by atoms with E-state index in [2.05, 4.69) is 20.6 Å². The van der Waals surface area contributed by atoms with Crippen molar-refractivity contribution in [3.63, 3.8) is 0 Å². The molecule has 0 unspecified atom stereocenters. The summed E-state index contributed by atoms with van der Waals surface area (Å²) < 4.78 is 1.51. The molecule has 2 heterocycles. The Balaban J connectivity index is 2.05. The van der Waals surface area contributed by atoms with Crippen LogP contribution in [0.25, 0.3) is 0 Å². The van der Waals surface area contributed by atoms with E-state index >= 15 is 0 Å². The number of carbonyl (C=O) groups excluding carboxylic acids is 2. The Hall–Kier alpha value is -2.09. The smallest absolute Gasteiger partial charge is 0.223 e. The van der Waals surface area contributed by atoms with Crippen LogP contribution < -0.4 is 5.32 Å². The second kappa shape index (κ2) is 4.83. The average molecular weight is 251 g/mol. The molecule has 1 amide bonds. The van der Waals surface area contributed by atoms with E-state index in [0.29, 0.717) is 18.0 Å². The molecule has 0 aliphatic heterocycles. The molecule has 0 fully saturated rings. The van der Waals surface area contributed by atoms with Gasteiger partial charge in [-0.2, -0.15) is 0 Å². The summed E-state index contributed by atoms with van der Waals surface area (Å²) in [7, 11) is 0. The van der Waals surface area contributed by atoms with Crippen molar-refractivity contribution >= 4 is 28.7 Å². The van der Waals surface area contributed by atoms with E-state index in [0.717, 1.165) is 5.69 Å². The van der Waals surface area contributed by atoms with E-state index in [4.69, 9.17) is 0 Å². The van der Waals surface area contributed by atoms with Crippen molar-refractivity contribution < 1.29 is 9.59 Å². The maximum atomic E-state index is 10.8. The first-order valence-electron chi connectivity index (χ1n) is 4.74. The Morgan fingerprint density at radius 3 is 3.12 bits per heavy atom. The number of hydrogen-bond donors (Lipinski definition) is 1. The zero-order chi connectivity index (χ0) is 12.3. The van der Waals surface area contributed by atoms with Crippen LogP contribution in [-0.4, -0.2) is 32.2 Å². The zero-order valence-corrected chi connectivity index (χ0v) is 9.77. The van der Waals surface area contributed by atoms with Crippen LogP contribution in [0.15, 0.2) is 11.6 Å². The SMILES string of the molecule is CC(=O)Nc1nc(Cn2cc(C=O)nn2)cs1. The van der Waals surface area contributed by atoms with Crippen molar-refractivity contribution in [3.05, 3.63) is 23.0 Å². The summed E-state index contributed by atoms with van der Waals surface area (Å²) in [5.74, 6) is -0.158. The molecule has 2 rings (SSSR count). The molecule has 2 aromatic rings. The molecule has 0 atom stereocenters. The number of aldehydes is 1. The molecule has 0 saturated heterocycles. The maximum Gasteiger partial charge on any atom is 0.223 e. The molecule has 1 N–H and O–H groups in total. The quantitative estimate of drug-likeness (QED) is 0.801. The highest BCUT2D eigenvalue weighted by molar-refractivity contribution is 7.13. The fourth-order valence-electron chi connectivity index (χ4n) is 1.20. The number of nitrogens with one attached hydrogen (secondary N) is 1. The summed E-state index contributed by atoms with van der Waals surface area (Å²) in [6.07, 6.45) is 2.16. The summed E-state index contributed by atoms with van der Waals surface area (Å²) in [5.41, 5.74) is 1.03. The number of hydrogen-bond acceptors (Lipinski definition) is 6. The molecule has 17 heavy (non-hydrogen) atoms. The molecule has 2 aromatic heterocycles. The fraction of sp³-hybridized carbons (Fsp3) is 0.222. The first-order valence-corrected chi connectivity index (χ1v) is 5.62. The van der Waals surface area contributed by atoms with Gasteiger partial charge in [-0.1, -0.05) is 5.21 Å². The molecular weight excluding hydrogens is 242 g/mol. The third kappa shape index (κ3) is 2.94. The Bertz CT molecular complexity index is 547. The number of nitrogens with zero attached hydrogens (tertiary/aromatic N) is 4. The van der Waals surface area contributed by atoms with Gasteiger partial charge in [0.05, 0.1) is 18.4 Å². The summed E-state index contributed by atoms with van der Waals surface area (Å²) in [5, 5.41) is 12.4.